The van der Waals surface area contributed by atoms with Crippen molar-refractivity contribution in [2.45, 2.75) is 38.9 Å². The molecular weight excluding hydrogens is 308 g/mol. The summed E-state index contributed by atoms with van der Waals surface area (Å²) in [5.41, 5.74) is 0.732. The van der Waals surface area contributed by atoms with Crippen LogP contribution in [-0.4, -0.2) is 35.7 Å². The number of ether oxygens (including phenoxy) is 2. The molecule has 3 rings (SSSR count). The molecule has 0 unspecified atom stereocenters. The number of anilines is 1. The van der Waals surface area contributed by atoms with Crippen LogP contribution in [0.4, 0.5) is 5.69 Å². The zero-order chi connectivity index (χ0) is 17.2. The molecule has 24 heavy (non-hydrogen) atoms. The van der Waals surface area contributed by atoms with E-state index >= 15 is 0 Å². The number of benzene rings is 1. The van der Waals surface area contributed by atoms with Gasteiger partial charge in [-0.15, -0.1) is 0 Å². The zero-order valence-electron chi connectivity index (χ0n) is 14.0. The number of rotatable bonds is 3. The highest BCUT2D eigenvalue weighted by molar-refractivity contribution is 6.16. The van der Waals surface area contributed by atoms with Crippen LogP contribution in [0.3, 0.4) is 0 Å². The lowest BCUT2D eigenvalue weighted by Crippen LogP contribution is -2.45. The number of cyclic esters (lactones) is 2. The Bertz CT molecular complexity index is 639. The molecule has 6 nitrogen and oxygen atoms in total. The molecule has 0 spiro atoms. The summed E-state index contributed by atoms with van der Waals surface area (Å²) in [6.07, 6.45) is 3.18. The van der Waals surface area contributed by atoms with E-state index in [1.165, 1.54) is 0 Å². The topological polar surface area (TPSA) is 67.9 Å². The molecule has 0 atom stereocenters. The second kappa shape index (κ2) is 6.55. The van der Waals surface area contributed by atoms with E-state index in [0.717, 1.165) is 38.0 Å². The summed E-state index contributed by atoms with van der Waals surface area (Å²) >= 11 is 0. The summed E-state index contributed by atoms with van der Waals surface area (Å²) in [4.78, 5) is 26.9. The molecular formula is C18H22N2O4. The first-order chi connectivity index (χ1) is 11.5. The molecule has 6 heteroatoms. The van der Waals surface area contributed by atoms with Crippen LogP contribution in [0.15, 0.2) is 41.7 Å². The summed E-state index contributed by atoms with van der Waals surface area (Å²) in [6, 6.07) is 9.45. The van der Waals surface area contributed by atoms with Crippen molar-refractivity contribution in [3.8, 4) is 0 Å². The van der Waals surface area contributed by atoms with Gasteiger partial charge in [-0.25, -0.2) is 9.59 Å². The number of hydrogen-bond donors (Lipinski definition) is 1. The van der Waals surface area contributed by atoms with Crippen LogP contribution in [0, 0.1) is 0 Å². The summed E-state index contributed by atoms with van der Waals surface area (Å²) in [5.74, 6) is -2.08. The van der Waals surface area contributed by atoms with Crippen LogP contribution >= 0.6 is 0 Å². The molecule has 0 bridgehead atoms. The van der Waals surface area contributed by atoms with Gasteiger partial charge in [0.2, 0.25) is 0 Å². The Labute approximate surface area is 141 Å². The standard InChI is InChI=1S/C18H22N2O4/c1-18(2)23-16(21)14(17(22)24-18)15(20-11-7-4-8-12-20)19-13-9-5-3-6-10-13/h3,5-6,9-10,19H,4,7-8,11-12H2,1-2H3. The van der Waals surface area contributed by atoms with Crippen molar-refractivity contribution in [2.75, 3.05) is 18.4 Å². The van der Waals surface area contributed by atoms with Gasteiger partial charge in [0.15, 0.2) is 5.57 Å². The molecule has 2 heterocycles. The average molecular weight is 330 g/mol. The van der Waals surface area contributed by atoms with Gasteiger partial charge >= 0.3 is 11.9 Å². The Hall–Kier alpha value is -2.50. The largest absolute Gasteiger partial charge is 0.419 e. The average Bonchev–Trinajstić information content (AvgIpc) is 2.54. The number of esters is 2. The van der Waals surface area contributed by atoms with E-state index in [0.29, 0.717) is 5.82 Å². The van der Waals surface area contributed by atoms with Gasteiger partial charge < -0.3 is 19.7 Å². The van der Waals surface area contributed by atoms with E-state index in [-0.39, 0.29) is 5.57 Å². The normalized spacial score (nSPS) is 20.2. The van der Waals surface area contributed by atoms with Crippen molar-refractivity contribution in [2.24, 2.45) is 0 Å². The second-order valence-corrected chi connectivity index (χ2v) is 6.44. The number of hydrogen-bond acceptors (Lipinski definition) is 6. The third kappa shape index (κ3) is 3.53. The SMILES string of the molecule is CC1(C)OC(=O)C(=C(Nc2ccccc2)N2CCCCC2)C(=O)O1. The molecule has 1 aromatic rings. The van der Waals surface area contributed by atoms with Gasteiger partial charge in [-0.3, -0.25) is 0 Å². The van der Waals surface area contributed by atoms with E-state index in [4.69, 9.17) is 9.47 Å². The maximum absolute atomic E-state index is 12.4. The predicted octanol–water partition coefficient (Wildman–Crippen LogP) is 2.63. The molecule has 2 fully saturated rings. The molecule has 128 valence electrons. The first-order valence-electron chi connectivity index (χ1n) is 8.24. The van der Waals surface area contributed by atoms with Gasteiger partial charge in [0.05, 0.1) is 0 Å². The fourth-order valence-corrected chi connectivity index (χ4v) is 2.92. The fraction of sp³-hybridized carbons (Fsp3) is 0.444. The first-order valence-corrected chi connectivity index (χ1v) is 8.24. The Morgan fingerprint density at radius 3 is 2.17 bits per heavy atom. The van der Waals surface area contributed by atoms with Gasteiger partial charge in [-0.2, -0.15) is 0 Å². The summed E-state index contributed by atoms with van der Waals surface area (Å²) < 4.78 is 10.5. The number of carbonyl (C=O) groups is 2. The van der Waals surface area contributed by atoms with E-state index in [1.54, 1.807) is 13.8 Å². The van der Waals surface area contributed by atoms with E-state index < -0.39 is 17.7 Å². The van der Waals surface area contributed by atoms with Crippen molar-refractivity contribution in [1.82, 2.24) is 4.90 Å². The molecule has 2 aliphatic heterocycles. The van der Waals surface area contributed by atoms with Crippen LogP contribution in [0.5, 0.6) is 0 Å². The third-order valence-electron chi connectivity index (χ3n) is 4.03. The highest BCUT2D eigenvalue weighted by Gasteiger charge is 2.42. The minimum atomic E-state index is -1.24. The molecule has 0 radical (unpaired) electrons. The van der Waals surface area contributed by atoms with Crippen molar-refractivity contribution >= 4 is 17.6 Å². The van der Waals surface area contributed by atoms with Gasteiger partial charge in [-0.05, 0) is 31.4 Å². The van der Waals surface area contributed by atoms with Crippen LogP contribution in [0.2, 0.25) is 0 Å². The molecule has 0 aromatic heterocycles. The highest BCUT2D eigenvalue weighted by atomic mass is 16.7. The van der Waals surface area contributed by atoms with Gasteiger partial charge in [0.1, 0.15) is 5.82 Å². The summed E-state index contributed by atoms with van der Waals surface area (Å²) in [7, 11) is 0. The van der Waals surface area contributed by atoms with E-state index in [2.05, 4.69) is 5.32 Å². The van der Waals surface area contributed by atoms with Crippen molar-refractivity contribution in [1.29, 1.82) is 0 Å². The molecule has 0 saturated carbocycles. The van der Waals surface area contributed by atoms with Crippen LogP contribution in [0.1, 0.15) is 33.1 Å². The van der Waals surface area contributed by atoms with Gasteiger partial charge in [0.25, 0.3) is 5.79 Å². The van der Waals surface area contributed by atoms with Gasteiger partial charge in [-0.1, -0.05) is 18.2 Å². The number of nitrogens with one attached hydrogen (secondary N) is 1. The predicted molar refractivity (Wildman–Crippen MR) is 88.8 cm³/mol. The Kier molecular flexibility index (Phi) is 4.46. The highest BCUT2D eigenvalue weighted by Crippen LogP contribution is 2.28. The first kappa shape index (κ1) is 16.4. The number of para-hydroxylation sites is 1. The number of carbonyl (C=O) groups excluding carboxylic acids is 2. The summed E-state index contributed by atoms with van der Waals surface area (Å²) in [5, 5.41) is 3.21. The number of piperidine rings is 1. The lowest BCUT2D eigenvalue weighted by atomic mass is 10.1. The second-order valence-electron chi connectivity index (χ2n) is 6.44. The fourth-order valence-electron chi connectivity index (χ4n) is 2.92. The van der Waals surface area contributed by atoms with Gasteiger partial charge in [0, 0.05) is 32.6 Å². The molecule has 1 aromatic carbocycles. The number of likely N-dealkylation sites (tertiary alicyclic amines) is 1. The Balaban J connectivity index is 1.99. The van der Waals surface area contributed by atoms with E-state index in [1.807, 2.05) is 35.2 Å². The third-order valence-corrected chi connectivity index (χ3v) is 4.03. The minimum Gasteiger partial charge on any atom is -0.419 e. The lowest BCUT2D eigenvalue weighted by molar-refractivity contribution is -0.222. The molecule has 0 amide bonds. The minimum absolute atomic E-state index is 0.0694. The van der Waals surface area contributed by atoms with Crippen LogP contribution in [0.25, 0.3) is 0 Å². The zero-order valence-corrected chi connectivity index (χ0v) is 14.0. The monoisotopic (exact) mass is 330 g/mol. The summed E-state index contributed by atoms with van der Waals surface area (Å²) in [6.45, 7) is 4.65. The van der Waals surface area contributed by atoms with Crippen molar-refractivity contribution in [3.05, 3.63) is 41.7 Å². The smallest absolute Gasteiger partial charge is 0.352 e. The maximum Gasteiger partial charge on any atom is 0.352 e. The number of nitrogens with zero attached hydrogens (tertiary/aromatic N) is 1. The van der Waals surface area contributed by atoms with Crippen molar-refractivity contribution < 1.29 is 19.1 Å². The molecule has 0 aliphatic carbocycles. The molecule has 1 N–H and O–H groups in total. The molecule has 2 saturated heterocycles. The molecule has 2 aliphatic rings. The Morgan fingerprint density at radius 2 is 1.58 bits per heavy atom. The van der Waals surface area contributed by atoms with Crippen LogP contribution < -0.4 is 5.32 Å². The quantitative estimate of drug-likeness (QED) is 0.522. The Morgan fingerprint density at radius 1 is 1.00 bits per heavy atom. The van der Waals surface area contributed by atoms with Crippen molar-refractivity contribution in [3.63, 3.8) is 0 Å². The maximum atomic E-state index is 12.4. The van der Waals surface area contributed by atoms with E-state index in [9.17, 15) is 9.59 Å². The lowest BCUT2D eigenvalue weighted by Gasteiger charge is -2.35. The van der Waals surface area contributed by atoms with Crippen LogP contribution in [-0.2, 0) is 19.1 Å².